The van der Waals surface area contributed by atoms with E-state index in [-0.39, 0.29) is 5.91 Å². The highest BCUT2D eigenvalue weighted by molar-refractivity contribution is 6.30. The van der Waals surface area contributed by atoms with Crippen molar-refractivity contribution >= 4 is 23.2 Å². The lowest BCUT2D eigenvalue weighted by Crippen LogP contribution is -2.50. The average molecular weight is 316 g/mol. The van der Waals surface area contributed by atoms with Crippen molar-refractivity contribution in [2.75, 3.05) is 5.32 Å². The molecule has 4 nitrogen and oxygen atoms in total. The van der Waals surface area contributed by atoms with Crippen molar-refractivity contribution in [3.8, 4) is 0 Å². The Labute approximate surface area is 134 Å². The van der Waals surface area contributed by atoms with Crippen LogP contribution in [0.15, 0.2) is 36.8 Å². The molecule has 1 saturated carbocycles. The van der Waals surface area contributed by atoms with Crippen molar-refractivity contribution in [2.24, 2.45) is 5.92 Å². The molecular formula is C17H18ClN3O. The molecule has 1 aromatic heterocycles. The number of rotatable bonds is 3. The average Bonchev–Trinajstić information content (AvgIpc) is 2.46. The summed E-state index contributed by atoms with van der Waals surface area (Å²) in [6, 6.07) is 7.59. The smallest absolute Gasteiger partial charge is 0.235 e. The topological polar surface area (TPSA) is 54.9 Å². The number of anilines is 1. The first-order valence-electron chi connectivity index (χ1n) is 7.35. The molecule has 2 aromatic rings. The lowest BCUT2D eigenvalue weighted by Gasteiger charge is -2.45. The quantitative estimate of drug-likeness (QED) is 0.938. The van der Waals surface area contributed by atoms with Gasteiger partial charge in [-0.15, -0.1) is 0 Å². The van der Waals surface area contributed by atoms with Gasteiger partial charge in [0.25, 0.3) is 0 Å². The fourth-order valence-electron chi connectivity index (χ4n) is 3.22. The third-order valence-corrected chi connectivity index (χ3v) is 4.60. The summed E-state index contributed by atoms with van der Waals surface area (Å²) in [4.78, 5) is 21.0. The number of carbonyl (C=O) groups is 1. The molecule has 0 spiro atoms. The van der Waals surface area contributed by atoms with Crippen LogP contribution >= 0.6 is 11.6 Å². The second-order valence-corrected chi connectivity index (χ2v) is 6.52. The fraction of sp³-hybridized carbons (Fsp3) is 0.353. The number of nitrogens with zero attached hydrogens (tertiary/aromatic N) is 2. The third kappa shape index (κ3) is 2.59. The molecule has 1 aliphatic rings. The number of benzene rings is 1. The third-order valence-electron chi connectivity index (χ3n) is 4.37. The van der Waals surface area contributed by atoms with Gasteiger partial charge >= 0.3 is 0 Å². The van der Waals surface area contributed by atoms with Gasteiger partial charge in [0.15, 0.2) is 0 Å². The van der Waals surface area contributed by atoms with Crippen LogP contribution in [-0.4, -0.2) is 15.9 Å². The van der Waals surface area contributed by atoms with Gasteiger partial charge in [-0.3, -0.25) is 4.79 Å². The van der Waals surface area contributed by atoms with E-state index in [1.807, 2.05) is 31.2 Å². The molecular weight excluding hydrogens is 298 g/mol. The van der Waals surface area contributed by atoms with Crippen LogP contribution in [0.3, 0.4) is 0 Å². The lowest BCUT2D eigenvalue weighted by atomic mass is 9.58. The Morgan fingerprint density at radius 2 is 2.18 bits per heavy atom. The van der Waals surface area contributed by atoms with Crippen LogP contribution in [0.4, 0.5) is 5.69 Å². The van der Waals surface area contributed by atoms with Crippen molar-refractivity contribution in [3.05, 3.63) is 53.1 Å². The zero-order valence-electron chi connectivity index (χ0n) is 12.6. The summed E-state index contributed by atoms with van der Waals surface area (Å²) >= 11 is 6.11. The van der Waals surface area contributed by atoms with E-state index in [2.05, 4.69) is 22.2 Å². The minimum absolute atomic E-state index is 0.00855. The summed E-state index contributed by atoms with van der Waals surface area (Å²) in [7, 11) is 0. The van der Waals surface area contributed by atoms with E-state index in [0.29, 0.717) is 16.6 Å². The van der Waals surface area contributed by atoms with E-state index in [9.17, 15) is 4.79 Å². The number of nitrogens with one attached hydrogen (secondary N) is 1. The molecule has 0 radical (unpaired) electrons. The number of carbonyl (C=O) groups excluding carboxylic acids is 1. The predicted molar refractivity (Wildman–Crippen MR) is 86.9 cm³/mol. The van der Waals surface area contributed by atoms with Gasteiger partial charge in [-0.2, -0.15) is 0 Å². The molecule has 1 amide bonds. The van der Waals surface area contributed by atoms with Crippen LogP contribution in [-0.2, 0) is 10.2 Å². The van der Waals surface area contributed by atoms with Gasteiger partial charge in [0.05, 0.1) is 23.0 Å². The van der Waals surface area contributed by atoms with Crippen LogP contribution in [0.5, 0.6) is 0 Å². The Morgan fingerprint density at radius 1 is 1.41 bits per heavy atom. The first-order chi connectivity index (χ1) is 10.5. The highest BCUT2D eigenvalue weighted by Gasteiger charge is 2.49. The Hall–Kier alpha value is -1.94. The number of halogens is 1. The van der Waals surface area contributed by atoms with Crippen molar-refractivity contribution in [1.82, 2.24) is 9.97 Å². The summed E-state index contributed by atoms with van der Waals surface area (Å²) in [6.07, 6.45) is 4.76. The molecule has 114 valence electrons. The maximum Gasteiger partial charge on any atom is 0.235 e. The predicted octanol–water partition coefficient (Wildman–Crippen LogP) is 3.74. The van der Waals surface area contributed by atoms with E-state index in [1.165, 1.54) is 6.33 Å². The molecule has 1 heterocycles. The monoisotopic (exact) mass is 315 g/mol. The summed E-state index contributed by atoms with van der Waals surface area (Å²) in [5.41, 5.74) is 1.89. The van der Waals surface area contributed by atoms with Crippen LogP contribution in [0.1, 0.15) is 31.0 Å². The number of aromatic nitrogens is 2. The largest absolute Gasteiger partial charge is 0.322 e. The van der Waals surface area contributed by atoms with Gasteiger partial charge in [-0.25, -0.2) is 9.97 Å². The van der Waals surface area contributed by atoms with Gasteiger partial charge in [-0.1, -0.05) is 30.7 Å². The number of hydrogen-bond acceptors (Lipinski definition) is 3. The Balaban J connectivity index is 1.91. The molecule has 1 fully saturated rings. The Kier molecular flexibility index (Phi) is 3.87. The van der Waals surface area contributed by atoms with E-state index in [4.69, 9.17) is 11.6 Å². The SMILES string of the molecule is Cc1ncncc1NC(=O)C1(c2cccc(Cl)c2)CC(C)C1. The standard InChI is InChI=1S/C17H18ClN3O/c1-11-7-17(8-11,13-4-3-5-14(18)6-13)16(22)21-15-9-19-10-20-12(15)2/h3-6,9-11H,7-8H2,1-2H3,(H,21,22). The molecule has 1 aromatic carbocycles. The van der Waals surface area contributed by atoms with Gasteiger partial charge in [-0.05, 0) is 43.4 Å². The van der Waals surface area contributed by atoms with Gasteiger partial charge in [0.2, 0.25) is 5.91 Å². The van der Waals surface area contributed by atoms with E-state index in [1.54, 1.807) is 6.20 Å². The summed E-state index contributed by atoms with van der Waals surface area (Å²) in [6.45, 7) is 4.01. The molecule has 22 heavy (non-hydrogen) atoms. The van der Waals surface area contributed by atoms with Crippen molar-refractivity contribution in [1.29, 1.82) is 0 Å². The van der Waals surface area contributed by atoms with Crippen LogP contribution in [0.25, 0.3) is 0 Å². The maximum atomic E-state index is 12.9. The molecule has 0 saturated heterocycles. The molecule has 0 unspecified atom stereocenters. The molecule has 0 aliphatic heterocycles. The number of hydrogen-bond donors (Lipinski definition) is 1. The molecule has 1 N–H and O–H groups in total. The highest BCUT2D eigenvalue weighted by atomic mass is 35.5. The second kappa shape index (κ2) is 5.69. The highest BCUT2D eigenvalue weighted by Crippen LogP contribution is 2.48. The van der Waals surface area contributed by atoms with Crippen LogP contribution in [0, 0.1) is 12.8 Å². The first-order valence-corrected chi connectivity index (χ1v) is 7.73. The first kappa shape index (κ1) is 15.0. The second-order valence-electron chi connectivity index (χ2n) is 6.08. The maximum absolute atomic E-state index is 12.9. The van der Waals surface area contributed by atoms with Gasteiger partial charge < -0.3 is 5.32 Å². The number of aryl methyl sites for hydroxylation is 1. The number of amides is 1. The van der Waals surface area contributed by atoms with E-state index < -0.39 is 5.41 Å². The molecule has 5 heteroatoms. The van der Waals surface area contributed by atoms with Crippen molar-refractivity contribution < 1.29 is 4.79 Å². The van der Waals surface area contributed by atoms with Crippen LogP contribution < -0.4 is 5.32 Å². The zero-order valence-corrected chi connectivity index (χ0v) is 13.4. The molecule has 0 atom stereocenters. The van der Waals surface area contributed by atoms with E-state index >= 15 is 0 Å². The minimum atomic E-state index is -0.507. The van der Waals surface area contributed by atoms with E-state index in [0.717, 1.165) is 24.1 Å². The Morgan fingerprint density at radius 3 is 2.82 bits per heavy atom. The summed E-state index contributed by atoms with van der Waals surface area (Å²) in [5.74, 6) is 0.517. The fourth-order valence-corrected chi connectivity index (χ4v) is 3.41. The molecule has 1 aliphatic carbocycles. The van der Waals surface area contributed by atoms with Gasteiger partial charge in [0.1, 0.15) is 6.33 Å². The van der Waals surface area contributed by atoms with Crippen LogP contribution in [0.2, 0.25) is 5.02 Å². The van der Waals surface area contributed by atoms with Crippen molar-refractivity contribution in [2.45, 2.75) is 32.1 Å². The molecule has 3 rings (SSSR count). The normalized spacial score (nSPS) is 23.7. The van der Waals surface area contributed by atoms with Crippen molar-refractivity contribution in [3.63, 3.8) is 0 Å². The zero-order chi connectivity index (χ0) is 15.7. The summed E-state index contributed by atoms with van der Waals surface area (Å²) in [5, 5.41) is 3.64. The molecule has 0 bridgehead atoms. The Bertz CT molecular complexity index is 711. The minimum Gasteiger partial charge on any atom is -0.322 e. The lowest BCUT2D eigenvalue weighted by molar-refractivity contribution is -0.126. The van der Waals surface area contributed by atoms with Gasteiger partial charge in [0, 0.05) is 5.02 Å². The summed E-state index contributed by atoms with van der Waals surface area (Å²) < 4.78 is 0.